The highest BCUT2D eigenvalue weighted by Crippen LogP contribution is 2.40. The highest BCUT2D eigenvalue weighted by Gasteiger charge is 2.44. The molecule has 1 N–H and O–H groups in total. The summed E-state index contributed by atoms with van der Waals surface area (Å²) in [5, 5.41) is 10.8. The van der Waals surface area contributed by atoms with Crippen LogP contribution in [0.4, 0.5) is 5.69 Å². The molecule has 0 aliphatic carbocycles. The van der Waals surface area contributed by atoms with Gasteiger partial charge in [0.15, 0.2) is 0 Å². The summed E-state index contributed by atoms with van der Waals surface area (Å²) in [6.45, 7) is -0.132. The monoisotopic (exact) mass is 462 g/mol. The number of carbonyl (C=O) groups excluding carboxylic acids is 1. The smallest absolute Gasteiger partial charge is 0.296 e. The van der Waals surface area contributed by atoms with Gasteiger partial charge in [-0.15, -0.1) is 0 Å². The van der Waals surface area contributed by atoms with Crippen LogP contribution in [0.1, 0.15) is 11.5 Å². The molecule has 0 spiro atoms. The van der Waals surface area contributed by atoms with Gasteiger partial charge >= 0.3 is 0 Å². The normalized spacial score (nSPS) is 18.1. The van der Waals surface area contributed by atoms with E-state index in [1.807, 2.05) is 0 Å². The van der Waals surface area contributed by atoms with Crippen molar-refractivity contribution in [1.82, 2.24) is 4.90 Å². The number of hydrogen-bond acceptors (Lipinski definition) is 8. The molecule has 1 aliphatic rings. The first-order valence-corrected chi connectivity index (χ1v) is 11.1. The van der Waals surface area contributed by atoms with Crippen LogP contribution in [0.25, 0.3) is 17.4 Å². The van der Waals surface area contributed by atoms with Crippen molar-refractivity contribution in [2.45, 2.75) is 11.3 Å². The molecular formula is C19H14N2O8S2. The van der Waals surface area contributed by atoms with Crippen LogP contribution < -0.4 is 0 Å². The maximum atomic E-state index is 12.8. The van der Waals surface area contributed by atoms with E-state index in [4.69, 9.17) is 8.83 Å². The number of amides is 1. The van der Waals surface area contributed by atoms with Crippen LogP contribution in [0.2, 0.25) is 0 Å². The molecule has 3 heterocycles. The number of benzene rings is 1. The molecule has 0 saturated carbocycles. The van der Waals surface area contributed by atoms with Crippen LogP contribution in [0.15, 0.2) is 68.5 Å². The fourth-order valence-corrected chi connectivity index (χ4v) is 5.16. The van der Waals surface area contributed by atoms with E-state index >= 15 is 0 Å². The van der Waals surface area contributed by atoms with Gasteiger partial charge in [-0.3, -0.25) is 19.5 Å². The molecule has 12 heteroatoms. The molecule has 1 aromatic carbocycles. The summed E-state index contributed by atoms with van der Waals surface area (Å²) in [7, 11) is -4.56. The molecule has 4 rings (SSSR count). The van der Waals surface area contributed by atoms with Crippen molar-refractivity contribution in [3.05, 3.63) is 81.3 Å². The summed E-state index contributed by atoms with van der Waals surface area (Å²) >= 11 is 0.684. The van der Waals surface area contributed by atoms with Crippen LogP contribution in [0, 0.1) is 10.1 Å². The maximum absolute atomic E-state index is 12.8. The van der Waals surface area contributed by atoms with Gasteiger partial charge in [0.1, 0.15) is 17.3 Å². The molecule has 2 aromatic heterocycles. The number of nitro groups is 1. The Bertz CT molecular complexity index is 1260. The molecule has 1 amide bonds. The summed E-state index contributed by atoms with van der Waals surface area (Å²) in [5.74, 6) is 0.453. The van der Waals surface area contributed by atoms with Crippen molar-refractivity contribution in [3.63, 3.8) is 0 Å². The van der Waals surface area contributed by atoms with Crippen LogP contribution in [0.3, 0.4) is 0 Å². The Morgan fingerprint density at radius 1 is 1.19 bits per heavy atom. The number of furan rings is 2. The first-order valence-electron chi connectivity index (χ1n) is 8.75. The Balaban J connectivity index is 1.59. The average molecular weight is 462 g/mol. The van der Waals surface area contributed by atoms with Gasteiger partial charge in [0.05, 0.1) is 22.6 Å². The van der Waals surface area contributed by atoms with Gasteiger partial charge in [-0.1, -0.05) is 11.8 Å². The SMILES string of the molecule is O=C1C(=Cc2ccc(-c3ccc([N+](=O)[O-])cc3)o2)SC(S(=O)(=O)O)N1Cc1ccco1. The van der Waals surface area contributed by atoms with E-state index in [9.17, 15) is 27.9 Å². The molecule has 1 atom stereocenters. The molecule has 1 saturated heterocycles. The second-order valence-corrected chi connectivity index (χ2v) is 9.36. The first kappa shape index (κ1) is 20.9. The van der Waals surface area contributed by atoms with Crippen LogP contribution in [-0.2, 0) is 21.5 Å². The van der Waals surface area contributed by atoms with Crippen molar-refractivity contribution < 1.29 is 31.5 Å². The summed E-state index contributed by atoms with van der Waals surface area (Å²) in [5.41, 5.74) is 0.536. The van der Waals surface area contributed by atoms with Crippen LogP contribution >= 0.6 is 11.8 Å². The van der Waals surface area contributed by atoms with E-state index in [2.05, 4.69) is 0 Å². The lowest BCUT2D eigenvalue weighted by molar-refractivity contribution is -0.384. The van der Waals surface area contributed by atoms with Crippen LogP contribution in [-0.4, -0.2) is 33.4 Å². The topological polar surface area (TPSA) is 144 Å². The number of carbonyl (C=O) groups is 1. The standard InChI is InChI=1S/C19H14N2O8S2/c22-18-17(30-19(31(25,26)27)20(18)11-15-2-1-9-28-15)10-14-7-8-16(29-14)12-3-5-13(6-4-12)21(23)24/h1-10,19H,11H2,(H,25,26,27). The molecule has 10 nitrogen and oxygen atoms in total. The number of hydrogen-bond donors (Lipinski definition) is 1. The molecule has 0 radical (unpaired) electrons. The lowest BCUT2D eigenvalue weighted by atomic mass is 10.1. The molecule has 3 aromatic rings. The second kappa shape index (κ2) is 8.06. The Kier molecular flexibility index (Phi) is 5.43. The van der Waals surface area contributed by atoms with E-state index in [0.717, 1.165) is 4.90 Å². The zero-order valence-electron chi connectivity index (χ0n) is 15.6. The summed E-state index contributed by atoms with van der Waals surface area (Å²) in [4.78, 5) is 24.1. The van der Waals surface area contributed by atoms with E-state index in [1.54, 1.807) is 24.3 Å². The van der Waals surface area contributed by atoms with Gasteiger partial charge in [0, 0.05) is 23.8 Å². The number of nitrogens with zero attached hydrogens (tertiary/aromatic N) is 2. The second-order valence-electron chi connectivity index (χ2n) is 6.47. The predicted octanol–water partition coefficient (Wildman–Crippen LogP) is 3.74. The van der Waals surface area contributed by atoms with E-state index in [1.165, 1.54) is 36.6 Å². The highest BCUT2D eigenvalue weighted by atomic mass is 32.3. The molecule has 160 valence electrons. The van der Waals surface area contributed by atoms with Crippen molar-refractivity contribution in [2.75, 3.05) is 0 Å². The van der Waals surface area contributed by atoms with Gasteiger partial charge in [0.25, 0.3) is 21.7 Å². The minimum Gasteiger partial charge on any atom is -0.467 e. The predicted molar refractivity (Wildman–Crippen MR) is 111 cm³/mol. The minimum absolute atomic E-state index is 0.0569. The lowest BCUT2D eigenvalue weighted by Crippen LogP contribution is -2.36. The summed E-state index contributed by atoms with van der Waals surface area (Å²) < 4.78 is 42.5. The molecule has 1 aliphatic heterocycles. The quantitative estimate of drug-likeness (QED) is 0.251. The Labute approximate surface area is 180 Å². The molecule has 1 unspecified atom stereocenters. The van der Waals surface area contributed by atoms with Gasteiger partial charge in [-0.05, 0) is 36.4 Å². The molecule has 0 bridgehead atoms. The van der Waals surface area contributed by atoms with E-state index in [-0.39, 0.29) is 22.9 Å². The third kappa shape index (κ3) is 4.40. The zero-order valence-corrected chi connectivity index (χ0v) is 17.2. The van der Waals surface area contributed by atoms with Gasteiger partial charge in [-0.25, -0.2) is 0 Å². The average Bonchev–Trinajstić information content (AvgIpc) is 3.45. The maximum Gasteiger partial charge on any atom is 0.296 e. The number of rotatable bonds is 6. The van der Waals surface area contributed by atoms with Crippen molar-refractivity contribution >= 4 is 39.6 Å². The molecule has 1 fully saturated rings. The Morgan fingerprint density at radius 2 is 1.94 bits per heavy atom. The van der Waals surface area contributed by atoms with Crippen molar-refractivity contribution in [3.8, 4) is 11.3 Å². The fraction of sp³-hybridized carbons (Fsp3) is 0.105. The van der Waals surface area contributed by atoms with Crippen LogP contribution in [0.5, 0.6) is 0 Å². The third-order valence-electron chi connectivity index (χ3n) is 4.38. The van der Waals surface area contributed by atoms with Gasteiger partial charge < -0.3 is 13.7 Å². The lowest BCUT2D eigenvalue weighted by Gasteiger charge is -2.19. The summed E-state index contributed by atoms with van der Waals surface area (Å²) in [6, 6.07) is 12.1. The third-order valence-corrected chi connectivity index (χ3v) is 7.16. The number of nitro benzene ring substituents is 1. The fourth-order valence-electron chi connectivity index (χ4n) is 2.96. The molecular weight excluding hydrogens is 448 g/mol. The first-order chi connectivity index (χ1) is 14.7. The molecule has 31 heavy (non-hydrogen) atoms. The van der Waals surface area contributed by atoms with Crippen molar-refractivity contribution in [1.29, 1.82) is 0 Å². The largest absolute Gasteiger partial charge is 0.467 e. The number of thioether (sulfide) groups is 1. The Hall–Kier alpha value is -3.35. The highest BCUT2D eigenvalue weighted by molar-refractivity contribution is 8.15. The number of non-ortho nitro benzene ring substituents is 1. The Morgan fingerprint density at radius 3 is 2.55 bits per heavy atom. The van der Waals surface area contributed by atoms with Gasteiger partial charge in [0.2, 0.25) is 4.71 Å². The van der Waals surface area contributed by atoms with Crippen molar-refractivity contribution in [2.24, 2.45) is 0 Å². The summed E-state index contributed by atoms with van der Waals surface area (Å²) in [6.07, 6.45) is 2.77. The van der Waals surface area contributed by atoms with E-state index in [0.29, 0.717) is 28.8 Å². The minimum atomic E-state index is -4.56. The zero-order chi connectivity index (χ0) is 22.2. The van der Waals surface area contributed by atoms with Gasteiger partial charge in [-0.2, -0.15) is 8.42 Å². The van der Waals surface area contributed by atoms with E-state index < -0.39 is 25.7 Å².